The molecule has 30 heteroatoms. The standard InChI is InChI=1S/C71H101IN8O21/c1-9-14-57-70(87)80(58-43-62(60(90-8)41-55(58)69(86)78(57)10-2)100-22-13-11-12-21-99-61-42-56-54(40-59(61)89-7)68(85)79-46-49(5)39-53(79)45-74-56)71(88)101-47-51-15-17-52(18-16-51)76-66(83)50(6)75-67(84)65(48(3)4)77-63(81)19-23-91-25-27-93-29-31-95-33-35-97-37-38-98-36-34-96-32-30-94-28-26-92-24-20-73-64(82)44-72/h10,15-18,40-43,45-46,48,50,53,57,65,70,87H,2,9,11-14,19-39,44,47H2,1,3-8H3,(H,73,82)(H,75,84)(H,76,83)(H,77,81)/t50-,53-,57-,65-,70-/m0/s1. The number of ether oxygens (including phenoxy) is 13. The molecule has 5 atom stereocenters. The second-order valence-electron chi connectivity index (χ2n) is 24.0. The Bertz CT molecular complexity index is 3190. The van der Waals surface area contributed by atoms with Crippen molar-refractivity contribution in [3.05, 3.63) is 89.8 Å². The molecule has 3 aromatic carbocycles. The number of amides is 7. The van der Waals surface area contributed by atoms with Gasteiger partial charge >= 0.3 is 6.09 Å². The van der Waals surface area contributed by atoms with Crippen LogP contribution in [0.4, 0.5) is 21.9 Å². The summed E-state index contributed by atoms with van der Waals surface area (Å²) in [6.07, 6.45) is 5.91. The monoisotopic (exact) mass is 1530 g/mol. The maximum Gasteiger partial charge on any atom is 0.416 e. The number of methoxy groups -OCH3 is 2. The fraction of sp³-hybridized carbons (Fsp3) is 0.577. The molecule has 0 saturated heterocycles. The Morgan fingerprint density at radius 2 is 1.22 bits per heavy atom. The number of fused-ring (bicyclic) bond motifs is 3. The van der Waals surface area contributed by atoms with Gasteiger partial charge in [-0.15, -0.1) is 0 Å². The van der Waals surface area contributed by atoms with E-state index >= 15 is 0 Å². The van der Waals surface area contributed by atoms with E-state index < -0.39 is 54.1 Å². The molecule has 3 aliphatic rings. The Labute approximate surface area is 605 Å². The molecule has 5 N–H and O–H groups in total. The van der Waals surface area contributed by atoms with Gasteiger partial charge in [-0.2, -0.15) is 0 Å². The van der Waals surface area contributed by atoms with Crippen molar-refractivity contribution in [2.75, 3.05) is 154 Å². The molecular formula is C71H101IN8O21. The number of alkyl halides is 1. The number of carbonyl (C=O) groups excluding carboxylic acids is 7. The third-order valence-corrected chi connectivity index (χ3v) is 16.7. The molecule has 0 radical (unpaired) electrons. The van der Waals surface area contributed by atoms with Crippen molar-refractivity contribution in [3.63, 3.8) is 0 Å². The molecule has 0 bridgehead atoms. The van der Waals surface area contributed by atoms with Crippen LogP contribution in [-0.2, 0) is 68.4 Å². The van der Waals surface area contributed by atoms with Gasteiger partial charge in [0.05, 0.1) is 172 Å². The van der Waals surface area contributed by atoms with E-state index in [1.165, 1.54) is 44.4 Å². The third kappa shape index (κ3) is 27.0. The Hall–Kier alpha value is -7.53. The number of rotatable bonds is 49. The Kier molecular flexibility index (Phi) is 37.1. The molecule has 0 unspecified atom stereocenters. The number of hydrogen-bond acceptors (Lipinski definition) is 22. The van der Waals surface area contributed by atoms with Crippen molar-refractivity contribution >= 4 is 87.4 Å². The largest absolute Gasteiger partial charge is 0.493 e. The average Bonchev–Trinajstić information content (AvgIpc) is 1.65. The molecule has 3 heterocycles. The molecule has 6 rings (SSSR count). The zero-order valence-electron chi connectivity index (χ0n) is 59.1. The van der Waals surface area contributed by atoms with Gasteiger partial charge in [0, 0.05) is 49.4 Å². The number of carbonyl (C=O) groups is 7. The summed E-state index contributed by atoms with van der Waals surface area (Å²) in [5.41, 5.74) is 3.01. The molecule has 7 amide bonds. The molecule has 29 nitrogen and oxygen atoms in total. The van der Waals surface area contributed by atoms with Crippen LogP contribution in [0, 0.1) is 5.92 Å². The first-order chi connectivity index (χ1) is 48.9. The van der Waals surface area contributed by atoms with Crippen LogP contribution in [0.5, 0.6) is 23.0 Å². The summed E-state index contributed by atoms with van der Waals surface area (Å²) in [6.45, 7) is 19.7. The van der Waals surface area contributed by atoms with Crippen LogP contribution in [0.3, 0.4) is 0 Å². The topological polar surface area (TPSA) is 330 Å². The summed E-state index contributed by atoms with van der Waals surface area (Å²) in [5.74, 6) is -1.16. The molecule has 3 aromatic rings. The van der Waals surface area contributed by atoms with Crippen LogP contribution < -0.4 is 45.1 Å². The van der Waals surface area contributed by atoms with Crippen LogP contribution in [0.2, 0.25) is 0 Å². The second kappa shape index (κ2) is 45.5. The van der Waals surface area contributed by atoms with Crippen LogP contribution in [-0.4, -0.2) is 237 Å². The van der Waals surface area contributed by atoms with Gasteiger partial charge in [0.2, 0.25) is 23.6 Å². The second-order valence-corrected chi connectivity index (χ2v) is 24.7. The van der Waals surface area contributed by atoms with E-state index in [9.17, 15) is 38.7 Å². The highest BCUT2D eigenvalue weighted by molar-refractivity contribution is 14.1. The Balaban J connectivity index is 0.858. The summed E-state index contributed by atoms with van der Waals surface area (Å²) < 4.78 is 73.9. The van der Waals surface area contributed by atoms with Crippen molar-refractivity contribution in [1.82, 2.24) is 25.8 Å². The molecule has 3 aliphatic heterocycles. The minimum Gasteiger partial charge on any atom is -0.493 e. The van der Waals surface area contributed by atoms with Crippen LogP contribution >= 0.6 is 22.6 Å². The lowest BCUT2D eigenvalue weighted by Gasteiger charge is -2.34. The van der Waals surface area contributed by atoms with E-state index in [4.69, 9.17) is 61.6 Å². The molecule has 0 saturated carbocycles. The highest BCUT2D eigenvalue weighted by Crippen LogP contribution is 2.42. The van der Waals surface area contributed by atoms with Crippen LogP contribution in [0.15, 0.2) is 78.1 Å². The first-order valence-electron chi connectivity index (χ1n) is 34.2. The number of nitrogens with zero attached hydrogens (tertiary/aromatic N) is 4. The normalized spacial score (nSPS) is 16.1. The first kappa shape index (κ1) is 82.4. The lowest BCUT2D eigenvalue weighted by molar-refractivity contribution is -0.132. The SMILES string of the molecule is C=CN1C(=O)c2cc(OC)c(OCCCCCOc3cc4c(cc3OC)C(=O)N3C=C(C)C[C@H]3C=N4)cc2N(C(=O)OCc2ccc(NC(=O)[C@H](C)NC(=O)[C@@H](NC(=O)CCOCCOCCOCCOCCOCCOCCOCCOCCNC(=O)CI)C(C)C)cc2)[C@@H](O)[C@@H]1CCC. The first-order valence-corrected chi connectivity index (χ1v) is 35.7. The quantitative estimate of drug-likeness (QED) is 0.0215. The summed E-state index contributed by atoms with van der Waals surface area (Å²) >= 11 is 2.00. The molecule has 0 aliphatic carbocycles. The van der Waals surface area contributed by atoms with E-state index in [0.717, 1.165) is 16.9 Å². The molecule has 0 fully saturated rings. The number of hydrogen-bond donors (Lipinski definition) is 5. The highest BCUT2D eigenvalue weighted by Gasteiger charge is 2.43. The van der Waals surface area contributed by atoms with E-state index in [1.807, 2.05) is 42.6 Å². The van der Waals surface area contributed by atoms with E-state index in [2.05, 4.69) is 32.8 Å². The summed E-state index contributed by atoms with van der Waals surface area (Å²) in [6, 6.07) is 9.81. The fourth-order valence-electron chi connectivity index (χ4n) is 10.7. The Morgan fingerprint density at radius 3 is 1.75 bits per heavy atom. The van der Waals surface area contributed by atoms with Gasteiger partial charge in [-0.3, -0.25) is 33.8 Å². The number of aliphatic imine (C=N–C) groups is 1. The summed E-state index contributed by atoms with van der Waals surface area (Å²) in [5, 5.41) is 23.0. The number of nitrogens with one attached hydrogen (secondary N) is 4. The van der Waals surface area contributed by atoms with Gasteiger partial charge in [0.1, 0.15) is 18.7 Å². The number of aliphatic hydroxyl groups is 1. The van der Waals surface area contributed by atoms with Gasteiger partial charge < -0.3 is 97.8 Å². The molecule has 101 heavy (non-hydrogen) atoms. The van der Waals surface area contributed by atoms with Crippen molar-refractivity contribution in [3.8, 4) is 23.0 Å². The van der Waals surface area contributed by atoms with Crippen molar-refractivity contribution in [2.45, 2.75) is 117 Å². The fourth-order valence-corrected chi connectivity index (χ4v) is 10.9. The molecule has 0 spiro atoms. The highest BCUT2D eigenvalue weighted by atomic mass is 127. The van der Waals surface area contributed by atoms with E-state index in [0.29, 0.717) is 176 Å². The average molecular weight is 1530 g/mol. The van der Waals surface area contributed by atoms with Gasteiger partial charge in [-0.25, -0.2) is 9.69 Å². The third-order valence-electron chi connectivity index (χ3n) is 16.0. The van der Waals surface area contributed by atoms with Gasteiger partial charge in [-0.05, 0) is 81.7 Å². The van der Waals surface area contributed by atoms with Crippen molar-refractivity contribution in [1.29, 1.82) is 0 Å². The molecular weight excluding hydrogens is 1430 g/mol. The van der Waals surface area contributed by atoms with Gasteiger partial charge in [0.25, 0.3) is 11.8 Å². The van der Waals surface area contributed by atoms with Crippen molar-refractivity contribution < 1.29 is 100 Å². The predicted molar refractivity (Wildman–Crippen MR) is 384 cm³/mol. The molecule has 558 valence electrons. The minimum atomic E-state index is -1.58. The van der Waals surface area contributed by atoms with Gasteiger partial charge in [0.15, 0.2) is 29.2 Å². The zero-order valence-corrected chi connectivity index (χ0v) is 61.3. The number of unbranched alkanes of at least 4 members (excludes halogenated alkanes) is 2. The number of benzene rings is 3. The van der Waals surface area contributed by atoms with E-state index in [-0.39, 0.29) is 79.4 Å². The van der Waals surface area contributed by atoms with Crippen LogP contribution in [0.1, 0.15) is 106 Å². The number of halogens is 1. The Morgan fingerprint density at radius 1 is 0.673 bits per heavy atom. The summed E-state index contributed by atoms with van der Waals surface area (Å²) in [7, 11) is 2.95. The maximum absolute atomic E-state index is 14.3. The zero-order chi connectivity index (χ0) is 72.9. The predicted octanol–water partition coefficient (Wildman–Crippen LogP) is 7.05. The van der Waals surface area contributed by atoms with Crippen molar-refractivity contribution in [2.24, 2.45) is 10.9 Å². The van der Waals surface area contributed by atoms with Crippen LogP contribution in [0.25, 0.3) is 0 Å². The number of anilines is 2. The number of aliphatic hydroxyl groups excluding tert-OH is 1. The maximum atomic E-state index is 14.3. The molecule has 0 aromatic heterocycles. The summed E-state index contributed by atoms with van der Waals surface area (Å²) in [4.78, 5) is 102. The lowest BCUT2D eigenvalue weighted by atomic mass is 10.0. The minimum absolute atomic E-state index is 0.00631. The smallest absolute Gasteiger partial charge is 0.416 e. The van der Waals surface area contributed by atoms with E-state index in [1.54, 1.807) is 61.4 Å². The lowest BCUT2D eigenvalue weighted by Crippen LogP contribution is -2.53. The van der Waals surface area contributed by atoms with Gasteiger partial charge in [-0.1, -0.05) is 74.1 Å².